The highest BCUT2D eigenvalue weighted by atomic mass is 32.1. The number of carbonyl (C=O) groups is 1. The van der Waals surface area contributed by atoms with Crippen LogP contribution in [0.3, 0.4) is 0 Å². The Morgan fingerprint density at radius 1 is 1.76 bits per heavy atom. The number of carbonyl (C=O) groups excluding carboxylic acids is 1. The van der Waals surface area contributed by atoms with Gasteiger partial charge in [0.2, 0.25) is 0 Å². The molecule has 17 heavy (non-hydrogen) atoms. The first-order chi connectivity index (χ1) is 8.26. The van der Waals surface area contributed by atoms with Crippen molar-refractivity contribution in [2.45, 2.75) is 25.0 Å². The normalized spacial score (nSPS) is 24.9. The molecule has 1 aromatic heterocycles. The lowest BCUT2D eigenvalue weighted by Gasteiger charge is -2.38. The minimum Gasteiger partial charge on any atom is -0.381 e. The summed E-state index contributed by atoms with van der Waals surface area (Å²) in [5.74, 6) is -0.0799. The molecule has 2 N–H and O–H groups in total. The predicted molar refractivity (Wildman–Crippen MR) is 63.8 cm³/mol. The van der Waals surface area contributed by atoms with Crippen molar-refractivity contribution in [1.29, 1.82) is 0 Å². The summed E-state index contributed by atoms with van der Waals surface area (Å²) >= 11 is 1.04. The fraction of sp³-hybridized carbons (Fsp3) is 0.700. The lowest BCUT2D eigenvalue weighted by atomic mass is 9.99. The van der Waals surface area contributed by atoms with Gasteiger partial charge in [-0.15, -0.1) is 0 Å². The molecule has 0 spiro atoms. The summed E-state index contributed by atoms with van der Waals surface area (Å²) < 4.78 is 13.1. The summed E-state index contributed by atoms with van der Waals surface area (Å²) in [6, 6.07) is 0.0305. The molecule has 2 atom stereocenters. The second-order valence-corrected chi connectivity index (χ2v) is 4.62. The maximum absolute atomic E-state index is 12.2. The Hall–Kier alpha value is -1.05. The number of hydrogen-bond acceptors (Lipinski definition) is 6. The molecule has 0 radical (unpaired) electrons. The van der Waals surface area contributed by atoms with Gasteiger partial charge in [0.05, 0.1) is 24.0 Å². The van der Waals surface area contributed by atoms with Crippen LogP contribution in [0.1, 0.15) is 23.3 Å². The first-order valence-corrected chi connectivity index (χ1v) is 6.30. The van der Waals surface area contributed by atoms with Gasteiger partial charge in [0.1, 0.15) is 0 Å². The third kappa shape index (κ3) is 2.62. The van der Waals surface area contributed by atoms with E-state index in [0.29, 0.717) is 18.8 Å². The fourth-order valence-corrected chi connectivity index (χ4v) is 2.53. The van der Waals surface area contributed by atoms with E-state index < -0.39 is 0 Å². The number of rotatable bonds is 3. The zero-order chi connectivity index (χ0) is 12.3. The molecule has 1 fully saturated rings. The molecule has 1 amide bonds. The lowest BCUT2D eigenvalue weighted by Crippen LogP contribution is -2.51. The maximum Gasteiger partial charge on any atom is 0.275 e. The summed E-state index contributed by atoms with van der Waals surface area (Å²) in [7, 11) is 1.69. The van der Waals surface area contributed by atoms with Crippen LogP contribution in [0.25, 0.3) is 0 Å². The summed E-state index contributed by atoms with van der Waals surface area (Å²) in [6.07, 6.45) is 3.33. The second-order valence-electron chi connectivity index (χ2n) is 4.06. The standard InChI is InChI=1S/C10H16N4O2S/c1-16-8-2-3-14(7(4-8)5-11)10(15)9-6-12-17-13-9/h6-8H,2-5,11H2,1H3. The Labute approximate surface area is 104 Å². The highest BCUT2D eigenvalue weighted by Crippen LogP contribution is 2.20. The number of piperidine rings is 1. The van der Waals surface area contributed by atoms with Crippen LogP contribution in [0.4, 0.5) is 0 Å². The molecule has 2 heterocycles. The minimum absolute atomic E-state index is 0.0305. The Bertz CT molecular complexity index is 370. The molecule has 94 valence electrons. The molecule has 1 saturated heterocycles. The molecule has 0 aromatic carbocycles. The van der Waals surface area contributed by atoms with E-state index in [0.717, 1.165) is 24.6 Å². The van der Waals surface area contributed by atoms with Crippen molar-refractivity contribution in [3.05, 3.63) is 11.9 Å². The van der Waals surface area contributed by atoms with Crippen molar-refractivity contribution in [3.8, 4) is 0 Å². The minimum atomic E-state index is -0.0799. The summed E-state index contributed by atoms with van der Waals surface area (Å²) in [5.41, 5.74) is 6.13. The number of methoxy groups -OCH3 is 1. The van der Waals surface area contributed by atoms with Gasteiger partial charge in [0.15, 0.2) is 5.69 Å². The van der Waals surface area contributed by atoms with Gasteiger partial charge in [0, 0.05) is 26.2 Å². The predicted octanol–water partition coefficient (Wildman–Crippen LogP) is 0.116. The molecule has 7 heteroatoms. The number of likely N-dealkylation sites (tertiary alicyclic amines) is 1. The Morgan fingerprint density at radius 3 is 3.18 bits per heavy atom. The van der Waals surface area contributed by atoms with Gasteiger partial charge in [-0.1, -0.05) is 0 Å². The van der Waals surface area contributed by atoms with E-state index in [1.54, 1.807) is 12.0 Å². The highest BCUT2D eigenvalue weighted by molar-refractivity contribution is 6.99. The summed E-state index contributed by atoms with van der Waals surface area (Å²) in [4.78, 5) is 13.9. The van der Waals surface area contributed by atoms with Gasteiger partial charge < -0.3 is 15.4 Å². The molecular weight excluding hydrogens is 240 g/mol. The molecule has 1 aliphatic heterocycles. The zero-order valence-corrected chi connectivity index (χ0v) is 10.5. The van der Waals surface area contributed by atoms with E-state index in [9.17, 15) is 4.79 Å². The molecular formula is C10H16N4O2S. The third-order valence-electron chi connectivity index (χ3n) is 3.11. The average Bonchev–Trinajstić information content (AvgIpc) is 2.91. The van der Waals surface area contributed by atoms with Crippen molar-refractivity contribution < 1.29 is 9.53 Å². The molecule has 2 unspecified atom stereocenters. The van der Waals surface area contributed by atoms with E-state index in [1.165, 1.54) is 6.20 Å². The third-order valence-corrected chi connectivity index (χ3v) is 3.59. The van der Waals surface area contributed by atoms with Crippen molar-refractivity contribution in [3.63, 3.8) is 0 Å². The highest BCUT2D eigenvalue weighted by Gasteiger charge is 2.32. The van der Waals surface area contributed by atoms with E-state index in [-0.39, 0.29) is 18.1 Å². The van der Waals surface area contributed by atoms with Crippen LogP contribution >= 0.6 is 11.7 Å². The van der Waals surface area contributed by atoms with Gasteiger partial charge >= 0.3 is 0 Å². The van der Waals surface area contributed by atoms with E-state index in [1.807, 2.05) is 0 Å². The van der Waals surface area contributed by atoms with Gasteiger partial charge in [0.25, 0.3) is 5.91 Å². The molecule has 0 bridgehead atoms. The topological polar surface area (TPSA) is 81.3 Å². The monoisotopic (exact) mass is 256 g/mol. The summed E-state index contributed by atoms with van der Waals surface area (Å²) in [6.45, 7) is 1.11. The molecule has 6 nitrogen and oxygen atoms in total. The lowest BCUT2D eigenvalue weighted by molar-refractivity contribution is 0.0136. The zero-order valence-electron chi connectivity index (χ0n) is 9.70. The van der Waals surface area contributed by atoms with Crippen molar-refractivity contribution in [2.24, 2.45) is 5.73 Å². The van der Waals surface area contributed by atoms with Crippen LogP contribution in [-0.2, 0) is 4.74 Å². The van der Waals surface area contributed by atoms with Crippen LogP contribution in [-0.4, -0.2) is 51.9 Å². The summed E-state index contributed by atoms with van der Waals surface area (Å²) in [5, 5.41) is 0. The number of hydrogen-bond donors (Lipinski definition) is 1. The van der Waals surface area contributed by atoms with Gasteiger partial charge in [-0.05, 0) is 12.8 Å². The van der Waals surface area contributed by atoms with E-state index in [2.05, 4.69) is 8.75 Å². The quantitative estimate of drug-likeness (QED) is 0.830. The first kappa shape index (κ1) is 12.4. The Morgan fingerprint density at radius 2 is 2.59 bits per heavy atom. The van der Waals surface area contributed by atoms with Crippen LogP contribution in [0.15, 0.2) is 6.20 Å². The maximum atomic E-state index is 12.2. The molecule has 1 aliphatic rings. The fourth-order valence-electron chi connectivity index (χ4n) is 2.13. The van der Waals surface area contributed by atoms with Gasteiger partial charge in [-0.25, -0.2) is 0 Å². The largest absolute Gasteiger partial charge is 0.381 e. The van der Waals surface area contributed by atoms with Crippen LogP contribution in [0.2, 0.25) is 0 Å². The Balaban J connectivity index is 2.07. The Kier molecular flexibility index (Phi) is 4.03. The molecule has 0 aliphatic carbocycles. The molecule has 2 rings (SSSR count). The second kappa shape index (κ2) is 5.52. The first-order valence-electron chi connectivity index (χ1n) is 5.57. The number of amides is 1. The van der Waals surface area contributed by atoms with Gasteiger partial charge in [-0.2, -0.15) is 8.75 Å². The smallest absolute Gasteiger partial charge is 0.275 e. The van der Waals surface area contributed by atoms with Crippen molar-refractivity contribution >= 4 is 17.6 Å². The number of aromatic nitrogens is 2. The van der Waals surface area contributed by atoms with E-state index >= 15 is 0 Å². The van der Waals surface area contributed by atoms with E-state index in [4.69, 9.17) is 10.5 Å². The van der Waals surface area contributed by atoms with Crippen LogP contribution < -0.4 is 5.73 Å². The molecule has 1 aromatic rings. The van der Waals surface area contributed by atoms with Crippen molar-refractivity contribution in [1.82, 2.24) is 13.6 Å². The van der Waals surface area contributed by atoms with Gasteiger partial charge in [-0.3, -0.25) is 4.79 Å². The van der Waals surface area contributed by atoms with Crippen LogP contribution in [0, 0.1) is 0 Å². The van der Waals surface area contributed by atoms with Crippen molar-refractivity contribution in [2.75, 3.05) is 20.2 Å². The number of ether oxygens (including phenoxy) is 1. The number of nitrogens with zero attached hydrogens (tertiary/aromatic N) is 3. The van der Waals surface area contributed by atoms with Crippen LogP contribution in [0.5, 0.6) is 0 Å². The molecule has 0 saturated carbocycles. The SMILES string of the molecule is COC1CCN(C(=O)c2cnsn2)C(CN)C1. The number of nitrogens with two attached hydrogens (primary N) is 1. The average molecular weight is 256 g/mol.